The molecule has 5 heteroatoms. The quantitative estimate of drug-likeness (QED) is 0.222. The highest BCUT2D eigenvalue weighted by Crippen LogP contribution is 2.54. The van der Waals surface area contributed by atoms with Gasteiger partial charge in [-0.15, -0.1) is 0 Å². The van der Waals surface area contributed by atoms with Gasteiger partial charge in [0, 0.05) is 43.0 Å². The summed E-state index contributed by atoms with van der Waals surface area (Å²) in [7, 11) is 2.12. The van der Waals surface area contributed by atoms with Crippen molar-refractivity contribution in [3.05, 3.63) is 66.1 Å². The van der Waals surface area contributed by atoms with Crippen LogP contribution in [0.5, 0.6) is 0 Å². The summed E-state index contributed by atoms with van der Waals surface area (Å²) in [6.45, 7) is 4.41. The van der Waals surface area contributed by atoms with Gasteiger partial charge in [0.25, 0.3) is 5.78 Å². The number of furan rings is 3. The lowest BCUT2D eigenvalue weighted by atomic mass is 9.93. The SMILES string of the molecule is Cc1c2c(c(C)c3c1oc1ccccc13)Sc1cc3c4ccoc4oc3c3cc[n+](C)c-2c13. The summed E-state index contributed by atoms with van der Waals surface area (Å²) in [4.78, 5) is 2.54. The zero-order valence-electron chi connectivity index (χ0n) is 18.3. The van der Waals surface area contributed by atoms with Crippen molar-refractivity contribution in [1.29, 1.82) is 0 Å². The molecule has 0 bridgehead atoms. The summed E-state index contributed by atoms with van der Waals surface area (Å²) in [6.07, 6.45) is 3.82. The number of fused-ring (bicyclic) bond motifs is 9. The van der Waals surface area contributed by atoms with Crippen LogP contribution in [0.1, 0.15) is 11.1 Å². The molecule has 4 nitrogen and oxygen atoms in total. The number of benzene rings is 3. The summed E-state index contributed by atoms with van der Waals surface area (Å²) in [5.74, 6) is 0.580. The lowest BCUT2D eigenvalue weighted by Crippen LogP contribution is -2.31. The van der Waals surface area contributed by atoms with Gasteiger partial charge in [-0.25, -0.2) is 4.57 Å². The minimum absolute atomic E-state index is 0.580. The predicted octanol–water partition coefficient (Wildman–Crippen LogP) is 7.80. The Morgan fingerprint density at radius 3 is 2.61 bits per heavy atom. The molecule has 4 aromatic heterocycles. The predicted molar refractivity (Wildman–Crippen MR) is 131 cm³/mol. The lowest BCUT2D eigenvalue weighted by molar-refractivity contribution is -0.659. The zero-order chi connectivity index (χ0) is 22.0. The molecular formula is C28H18NO3S+. The van der Waals surface area contributed by atoms with Gasteiger partial charge in [-0.1, -0.05) is 30.0 Å². The van der Waals surface area contributed by atoms with Crippen LogP contribution in [0.2, 0.25) is 0 Å². The van der Waals surface area contributed by atoms with Crippen molar-refractivity contribution < 1.29 is 17.8 Å². The third-order valence-corrected chi connectivity index (χ3v) is 8.41. The molecule has 0 atom stereocenters. The monoisotopic (exact) mass is 448 g/mol. The van der Waals surface area contributed by atoms with E-state index in [9.17, 15) is 0 Å². The number of para-hydroxylation sites is 1. The van der Waals surface area contributed by atoms with Crippen LogP contribution in [0, 0.1) is 13.8 Å². The fourth-order valence-electron chi connectivity index (χ4n) is 5.65. The van der Waals surface area contributed by atoms with Crippen molar-refractivity contribution >= 4 is 66.6 Å². The first-order valence-corrected chi connectivity index (χ1v) is 11.8. The highest BCUT2D eigenvalue weighted by Gasteiger charge is 2.33. The van der Waals surface area contributed by atoms with E-state index in [2.05, 4.69) is 62.0 Å². The largest absolute Gasteiger partial charge is 0.456 e. The molecule has 0 amide bonds. The van der Waals surface area contributed by atoms with Gasteiger partial charge >= 0.3 is 0 Å². The third kappa shape index (κ3) is 2.03. The standard InChI is InChI=1S/C28H18NO3S/c1-13-22-24-23-17(8-10-29(24)3)26-18(15-9-11-30-28(15)32-26)12-20(23)33-27(22)14(2)21-16-6-4-5-7-19(16)31-25(13)21/h4-12H,1-3H3/q+1. The summed E-state index contributed by atoms with van der Waals surface area (Å²) in [6, 6.07) is 14.7. The molecule has 7 aromatic rings. The van der Waals surface area contributed by atoms with E-state index in [0.29, 0.717) is 5.78 Å². The first kappa shape index (κ1) is 17.8. The molecule has 0 saturated carbocycles. The Labute approximate surface area is 192 Å². The van der Waals surface area contributed by atoms with E-state index in [4.69, 9.17) is 13.3 Å². The maximum atomic E-state index is 6.40. The van der Waals surface area contributed by atoms with Crippen LogP contribution in [0.4, 0.5) is 0 Å². The van der Waals surface area contributed by atoms with Crippen LogP contribution in [-0.4, -0.2) is 0 Å². The molecule has 1 aliphatic rings. The minimum atomic E-state index is 0.580. The van der Waals surface area contributed by atoms with Crippen molar-refractivity contribution in [3.63, 3.8) is 0 Å². The van der Waals surface area contributed by atoms with Gasteiger partial charge in [0.2, 0.25) is 5.69 Å². The van der Waals surface area contributed by atoms with Gasteiger partial charge in [0.1, 0.15) is 23.8 Å². The van der Waals surface area contributed by atoms with Gasteiger partial charge < -0.3 is 13.3 Å². The number of nitrogens with zero attached hydrogens (tertiary/aromatic N) is 1. The van der Waals surface area contributed by atoms with Crippen molar-refractivity contribution in [2.75, 3.05) is 0 Å². The van der Waals surface area contributed by atoms with Crippen molar-refractivity contribution in [1.82, 2.24) is 0 Å². The maximum absolute atomic E-state index is 6.40. The molecule has 33 heavy (non-hydrogen) atoms. The molecule has 8 rings (SSSR count). The molecule has 3 aromatic carbocycles. The van der Waals surface area contributed by atoms with Crippen molar-refractivity contribution in [2.24, 2.45) is 7.05 Å². The van der Waals surface area contributed by atoms with E-state index in [1.54, 1.807) is 6.26 Å². The van der Waals surface area contributed by atoms with Gasteiger partial charge in [-0.05, 0) is 37.6 Å². The van der Waals surface area contributed by atoms with Gasteiger partial charge in [0.05, 0.1) is 22.6 Å². The molecule has 158 valence electrons. The molecule has 0 saturated heterocycles. The van der Waals surface area contributed by atoms with Gasteiger partial charge in [-0.2, -0.15) is 0 Å². The van der Waals surface area contributed by atoms with E-state index in [1.165, 1.54) is 48.3 Å². The van der Waals surface area contributed by atoms with Crippen LogP contribution >= 0.6 is 11.8 Å². The first-order chi connectivity index (χ1) is 16.1. The zero-order valence-corrected chi connectivity index (χ0v) is 19.1. The number of aryl methyl sites for hydroxylation is 3. The number of hydrogen-bond donors (Lipinski definition) is 0. The van der Waals surface area contributed by atoms with E-state index >= 15 is 0 Å². The molecule has 0 spiro atoms. The van der Waals surface area contributed by atoms with Crippen molar-refractivity contribution in [2.45, 2.75) is 23.6 Å². The molecule has 5 heterocycles. The van der Waals surface area contributed by atoms with E-state index in [0.717, 1.165) is 32.9 Å². The maximum Gasteiger partial charge on any atom is 0.298 e. The minimum Gasteiger partial charge on any atom is -0.456 e. The van der Waals surface area contributed by atoms with E-state index < -0.39 is 0 Å². The number of aromatic nitrogens is 1. The van der Waals surface area contributed by atoms with Crippen LogP contribution in [0.25, 0.3) is 66.1 Å². The summed E-state index contributed by atoms with van der Waals surface area (Å²) >= 11 is 1.85. The molecule has 0 unspecified atom stereocenters. The van der Waals surface area contributed by atoms with Gasteiger partial charge in [0.15, 0.2) is 6.20 Å². The molecule has 0 radical (unpaired) electrons. The highest BCUT2D eigenvalue weighted by molar-refractivity contribution is 8.00. The second-order valence-electron chi connectivity index (χ2n) is 8.90. The summed E-state index contributed by atoms with van der Waals surface area (Å²) < 4.78 is 20.4. The third-order valence-electron chi connectivity index (χ3n) is 7.15. The topological polar surface area (TPSA) is 43.3 Å². The number of hydrogen-bond acceptors (Lipinski definition) is 4. The van der Waals surface area contributed by atoms with Crippen LogP contribution < -0.4 is 4.57 Å². The fourth-order valence-corrected chi connectivity index (χ4v) is 6.96. The Bertz CT molecular complexity index is 1990. The summed E-state index contributed by atoms with van der Waals surface area (Å²) in [5, 5.41) is 6.85. The van der Waals surface area contributed by atoms with Crippen LogP contribution in [0.3, 0.4) is 0 Å². The van der Waals surface area contributed by atoms with Crippen LogP contribution in [-0.2, 0) is 7.05 Å². The molecule has 1 aliphatic heterocycles. The Hall–Kier alpha value is -3.70. The van der Waals surface area contributed by atoms with E-state index in [1.807, 2.05) is 23.9 Å². The first-order valence-electron chi connectivity index (χ1n) is 11.0. The average Bonchev–Trinajstić information content (AvgIpc) is 3.52. The van der Waals surface area contributed by atoms with E-state index in [-0.39, 0.29) is 0 Å². The van der Waals surface area contributed by atoms with Gasteiger partial charge in [-0.3, -0.25) is 0 Å². The molecular weight excluding hydrogens is 430 g/mol. The Balaban J connectivity index is 1.60. The normalized spacial score (nSPS) is 13.2. The van der Waals surface area contributed by atoms with Crippen LogP contribution in [0.15, 0.2) is 78.0 Å². The second-order valence-corrected chi connectivity index (χ2v) is 9.95. The summed E-state index contributed by atoms with van der Waals surface area (Å²) in [5.41, 5.74) is 7.69. The Morgan fingerprint density at radius 2 is 1.70 bits per heavy atom. The number of pyridine rings is 1. The molecule has 0 fully saturated rings. The Kier molecular flexibility index (Phi) is 3.13. The second kappa shape index (κ2) is 5.80. The lowest BCUT2D eigenvalue weighted by Gasteiger charge is -2.22. The number of rotatable bonds is 0. The molecule has 0 aliphatic carbocycles. The average molecular weight is 449 g/mol. The fraction of sp³-hybridized carbons (Fsp3) is 0.107. The highest BCUT2D eigenvalue weighted by atomic mass is 32.2. The Morgan fingerprint density at radius 1 is 0.818 bits per heavy atom. The smallest absolute Gasteiger partial charge is 0.298 e. The molecule has 0 N–H and O–H groups in total. The van der Waals surface area contributed by atoms with Crippen molar-refractivity contribution in [3.8, 4) is 11.3 Å².